The number of hydrogen-bond acceptors (Lipinski definition) is 14. The van der Waals surface area contributed by atoms with Crippen LogP contribution in [0.1, 0.15) is 355 Å². The van der Waals surface area contributed by atoms with Crippen molar-refractivity contribution in [3.63, 3.8) is 0 Å². The van der Waals surface area contributed by atoms with E-state index in [0.29, 0.717) is 19.3 Å². The molecule has 0 spiro atoms. The Labute approximate surface area is 640 Å². The first-order chi connectivity index (χ1) is 51.2. The number of carbonyl (C=O) groups is 3. The lowest BCUT2D eigenvalue weighted by Gasteiger charge is -2.21. The average Bonchev–Trinajstić information content (AvgIpc) is 0.913. The van der Waals surface area contributed by atoms with E-state index in [1.807, 2.05) is 0 Å². The Morgan fingerprint density at radius 2 is 0.505 bits per heavy atom. The molecule has 0 aliphatic rings. The molecular weight excluding hydrogens is 1360 g/mol. The van der Waals surface area contributed by atoms with Gasteiger partial charge in [-0.25, -0.2) is 9.13 Å². The highest BCUT2D eigenvalue weighted by Gasteiger charge is 2.29. The second kappa shape index (κ2) is 79.5. The fraction of sp³-hybridized carbons (Fsp3) is 0.736. The minimum Gasteiger partial charge on any atom is -0.463 e. The number of allylic oxidation sites excluding steroid dienone is 20. The molecule has 4 N–H and O–H groups in total. The standard InChI is InChI=1S/C87H152O16P2/c1-4-7-10-13-16-19-22-25-28-30-32-34-36-38-39-40-41-43-45-46-48-50-53-55-58-61-64-67-70-73-85(90)97-76-82(88)77-99-104(93,94)100-78-83(89)79-101-105(95,96)102-81-84(103-87(92)75-72-69-66-63-60-57-52-27-24-21-18-15-12-9-6-3)80-98-86(91)74-71-68-65-62-59-56-54-51-49-47-44-42-37-35-33-31-29-26-23-20-17-14-11-8-5-2/h7,10,16-17,19-20,25-29,32-35,38-39,42,44,52,82-84,88-89H,4-6,8-9,11-15,18,21-24,30-31,36-37,40-41,43,45-51,53-81H2,1-3H3,(H,93,94)(H,95,96)/b10-7-,19-16-,20-17-,28-25-,29-26-,34-32-,35-33-,39-38-,44-42-,52-27-. The first kappa shape index (κ1) is 101. The first-order valence-corrected chi connectivity index (χ1v) is 44.8. The summed E-state index contributed by atoms with van der Waals surface area (Å²) in [7, 11) is -9.80. The van der Waals surface area contributed by atoms with Gasteiger partial charge in [0.1, 0.15) is 25.4 Å². The van der Waals surface area contributed by atoms with Crippen LogP contribution in [-0.4, -0.2) is 95.9 Å². The highest BCUT2D eigenvalue weighted by atomic mass is 31.2. The summed E-state index contributed by atoms with van der Waals surface area (Å²) in [4.78, 5) is 58.7. The largest absolute Gasteiger partial charge is 0.472 e. The topological polar surface area (TPSA) is 231 Å². The molecule has 0 heterocycles. The second-order valence-electron chi connectivity index (χ2n) is 27.9. The van der Waals surface area contributed by atoms with Crippen LogP contribution in [0.5, 0.6) is 0 Å². The number of esters is 3. The average molecular weight is 1520 g/mol. The molecule has 0 saturated heterocycles. The highest BCUT2D eigenvalue weighted by molar-refractivity contribution is 7.47. The fourth-order valence-corrected chi connectivity index (χ4v) is 12.9. The first-order valence-electron chi connectivity index (χ1n) is 41.8. The van der Waals surface area contributed by atoms with Crippen LogP contribution in [0, 0.1) is 0 Å². The second-order valence-corrected chi connectivity index (χ2v) is 30.8. The molecular formula is C87H152O16P2. The van der Waals surface area contributed by atoms with Gasteiger partial charge in [0.05, 0.1) is 26.4 Å². The van der Waals surface area contributed by atoms with Gasteiger partial charge < -0.3 is 34.2 Å². The van der Waals surface area contributed by atoms with Crippen LogP contribution in [0.3, 0.4) is 0 Å². The van der Waals surface area contributed by atoms with Gasteiger partial charge in [-0.3, -0.25) is 32.5 Å². The van der Waals surface area contributed by atoms with Gasteiger partial charge >= 0.3 is 33.6 Å². The van der Waals surface area contributed by atoms with E-state index < -0.39 is 91.5 Å². The van der Waals surface area contributed by atoms with Crippen LogP contribution in [0.15, 0.2) is 122 Å². The minimum atomic E-state index is -4.94. The molecule has 0 amide bonds. The predicted octanol–water partition coefficient (Wildman–Crippen LogP) is 24.9. The van der Waals surface area contributed by atoms with E-state index in [1.165, 1.54) is 148 Å². The monoisotopic (exact) mass is 1520 g/mol. The summed E-state index contributed by atoms with van der Waals surface area (Å²) in [6, 6.07) is 0. The number of phosphoric acid groups is 2. The summed E-state index contributed by atoms with van der Waals surface area (Å²) >= 11 is 0. The Hall–Kier alpha value is -4.05. The van der Waals surface area contributed by atoms with E-state index in [2.05, 4.69) is 142 Å². The molecule has 18 heteroatoms. The SMILES string of the molecule is CC/C=C\C/C=C\C/C=C\C/C=C\C/C=C\CCCCCCCCCCCCCCCC(=O)OCC(O)COP(=O)(O)OCC(O)COP(=O)(O)OCC(COC(=O)CCCCCCCCCCC/C=C\C/C=C\C/C=C\C/C=C\CCCCC)OC(=O)CCCCCCC/C=C\CCCCCCCC. The maximum atomic E-state index is 13.0. The summed E-state index contributed by atoms with van der Waals surface area (Å²) in [6.07, 6.45) is 95.3. The lowest BCUT2D eigenvalue weighted by atomic mass is 10.0. The molecule has 105 heavy (non-hydrogen) atoms. The van der Waals surface area contributed by atoms with Gasteiger partial charge in [0.15, 0.2) is 6.10 Å². The quantitative estimate of drug-likeness (QED) is 0.0146. The molecule has 606 valence electrons. The summed E-state index contributed by atoms with van der Waals surface area (Å²) in [5.74, 6) is -1.58. The van der Waals surface area contributed by atoms with Crippen LogP contribution in [0.25, 0.3) is 0 Å². The summed E-state index contributed by atoms with van der Waals surface area (Å²) < 4.78 is 61.2. The van der Waals surface area contributed by atoms with Crippen molar-refractivity contribution in [2.75, 3.05) is 39.6 Å². The smallest absolute Gasteiger partial charge is 0.463 e. The van der Waals surface area contributed by atoms with Crippen molar-refractivity contribution < 1.29 is 75.8 Å². The number of phosphoric ester groups is 2. The number of aliphatic hydroxyl groups is 2. The molecule has 0 radical (unpaired) electrons. The number of hydrogen-bond donors (Lipinski definition) is 4. The lowest BCUT2D eigenvalue weighted by molar-refractivity contribution is -0.161. The van der Waals surface area contributed by atoms with E-state index in [0.717, 1.165) is 148 Å². The van der Waals surface area contributed by atoms with Crippen molar-refractivity contribution in [1.82, 2.24) is 0 Å². The van der Waals surface area contributed by atoms with Crippen molar-refractivity contribution in [2.45, 2.75) is 373 Å². The lowest BCUT2D eigenvalue weighted by Crippen LogP contribution is -2.30. The molecule has 16 nitrogen and oxygen atoms in total. The number of aliphatic hydroxyl groups excluding tert-OH is 2. The van der Waals surface area contributed by atoms with Gasteiger partial charge in [-0.1, -0.05) is 322 Å². The molecule has 0 bridgehead atoms. The molecule has 0 aromatic rings. The van der Waals surface area contributed by atoms with Gasteiger partial charge in [0.25, 0.3) is 0 Å². The molecule has 0 aliphatic carbocycles. The van der Waals surface area contributed by atoms with E-state index >= 15 is 0 Å². The Balaban J connectivity index is 4.53. The molecule has 5 unspecified atom stereocenters. The Bertz CT molecular complexity index is 2390. The molecule has 0 aliphatic heterocycles. The third-order valence-corrected chi connectivity index (χ3v) is 19.5. The maximum absolute atomic E-state index is 13.0. The van der Waals surface area contributed by atoms with Gasteiger partial charge in [-0.05, 0) is 135 Å². The normalized spacial score (nSPS) is 14.5. The third-order valence-electron chi connectivity index (χ3n) is 17.6. The van der Waals surface area contributed by atoms with Gasteiger partial charge in [0.2, 0.25) is 0 Å². The van der Waals surface area contributed by atoms with Crippen molar-refractivity contribution in [3.8, 4) is 0 Å². The Kier molecular flexibility index (Phi) is 76.4. The Morgan fingerprint density at radius 1 is 0.276 bits per heavy atom. The number of unbranched alkanes of at least 4 members (excludes halogenated alkanes) is 36. The molecule has 0 aromatic carbocycles. The summed E-state index contributed by atoms with van der Waals surface area (Å²) in [6.45, 7) is 2.56. The third kappa shape index (κ3) is 80.8. The summed E-state index contributed by atoms with van der Waals surface area (Å²) in [5.41, 5.74) is 0. The van der Waals surface area contributed by atoms with Crippen LogP contribution < -0.4 is 0 Å². The van der Waals surface area contributed by atoms with Crippen molar-refractivity contribution in [2.24, 2.45) is 0 Å². The Morgan fingerprint density at radius 3 is 0.829 bits per heavy atom. The van der Waals surface area contributed by atoms with Crippen LogP contribution in [0.2, 0.25) is 0 Å². The van der Waals surface area contributed by atoms with E-state index in [4.69, 9.17) is 32.3 Å². The zero-order valence-corrected chi connectivity index (χ0v) is 68.2. The van der Waals surface area contributed by atoms with Gasteiger partial charge in [-0.15, -0.1) is 0 Å². The van der Waals surface area contributed by atoms with E-state index in [-0.39, 0.29) is 19.3 Å². The minimum absolute atomic E-state index is 0.0931. The fourth-order valence-electron chi connectivity index (χ4n) is 11.3. The maximum Gasteiger partial charge on any atom is 0.472 e. The van der Waals surface area contributed by atoms with Crippen LogP contribution in [-0.2, 0) is 55.8 Å². The summed E-state index contributed by atoms with van der Waals surface area (Å²) in [5, 5.41) is 20.7. The van der Waals surface area contributed by atoms with Crippen LogP contribution in [0.4, 0.5) is 0 Å². The highest BCUT2D eigenvalue weighted by Crippen LogP contribution is 2.45. The van der Waals surface area contributed by atoms with Crippen LogP contribution >= 0.6 is 15.6 Å². The predicted molar refractivity (Wildman–Crippen MR) is 436 cm³/mol. The zero-order chi connectivity index (χ0) is 76.6. The molecule has 0 saturated carbocycles. The molecule has 5 atom stereocenters. The number of ether oxygens (including phenoxy) is 3. The van der Waals surface area contributed by atoms with E-state index in [1.54, 1.807) is 0 Å². The number of carbonyl (C=O) groups excluding carboxylic acids is 3. The van der Waals surface area contributed by atoms with Crippen molar-refractivity contribution in [1.29, 1.82) is 0 Å². The molecule has 0 rings (SSSR count). The van der Waals surface area contributed by atoms with E-state index in [9.17, 15) is 43.5 Å². The zero-order valence-electron chi connectivity index (χ0n) is 66.4. The van der Waals surface area contributed by atoms with Crippen molar-refractivity contribution in [3.05, 3.63) is 122 Å². The molecule has 0 aromatic heterocycles. The van der Waals surface area contributed by atoms with Gasteiger partial charge in [-0.2, -0.15) is 0 Å². The van der Waals surface area contributed by atoms with Gasteiger partial charge in [0, 0.05) is 19.3 Å². The number of rotatable bonds is 79. The molecule has 0 fully saturated rings. The van der Waals surface area contributed by atoms with Crippen molar-refractivity contribution >= 4 is 33.6 Å².